The molecule has 2 aliphatic rings. The number of fused-ring (bicyclic) bond motifs is 2. The summed E-state index contributed by atoms with van der Waals surface area (Å²) < 4.78 is 0. The van der Waals surface area contributed by atoms with Gasteiger partial charge in [0.15, 0.2) is 0 Å². The van der Waals surface area contributed by atoms with E-state index in [1.165, 1.54) is 12.8 Å². The Labute approximate surface area is 61.7 Å². The van der Waals surface area contributed by atoms with Crippen molar-refractivity contribution in [2.45, 2.75) is 24.9 Å². The second kappa shape index (κ2) is 1.99. The molecule has 0 aromatic heterocycles. The van der Waals surface area contributed by atoms with Crippen molar-refractivity contribution in [3.05, 3.63) is 12.8 Å². The number of rotatable bonds is 1. The number of piperidine rings is 1. The van der Waals surface area contributed by atoms with Gasteiger partial charge in [0.25, 0.3) is 0 Å². The van der Waals surface area contributed by atoms with Crippen LogP contribution in [0.2, 0.25) is 0 Å². The lowest BCUT2D eigenvalue weighted by Gasteiger charge is -2.24. The first-order chi connectivity index (χ1) is 4.83. The summed E-state index contributed by atoms with van der Waals surface area (Å²) in [7, 11) is 0. The summed E-state index contributed by atoms with van der Waals surface area (Å²) in [6.45, 7) is 4.91. The second-order valence-electron chi connectivity index (χ2n) is 3.36. The maximum atomic E-state index is 5.96. The summed E-state index contributed by atoms with van der Waals surface area (Å²) in [6, 6.07) is 1.04. The fourth-order valence-electron chi connectivity index (χ4n) is 2.30. The first-order valence-corrected chi connectivity index (χ1v) is 3.97. The molecular formula is C8H14N2. The number of nitrogens with two attached hydrogens (primary N) is 1. The quantitative estimate of drug-likeness (QED) is 0.573. The molecule has 1 saturated heterocycles. The largest absolute Gasteiger partial charge is 0.373 e. The summed E-state index contributed by atoms with van der Waals surface area (Å²) in [5, 5.41) is 0. The van der Waals surface area contributed by atoms with E-state index in [4.69, 9.17) is 5.73 Å². The SMILES string of the molecule is C=CN1CC2CCC1C2N. The molecule has 3 atom stereocenters. The Morgan fingerprint density at radius 2 is 2.30 bits per heavy atom. The van der Waals surface area contributed by atoms with Crippen LogP contribution in [0.15, 0.2) is 12.8 Å². The Morgan fingerprint density at radius 3 is 2.60 bits per heavy atom. The Kier molecular flexibility index (Phi) is 1.24. The Balaban J connectivity index is 2.15. The molecule has 0 amide bonds. The van der Waals surface area contributed by atoms with E-state index in [0.29, 0.717) is 12.1 Å². The van der Waals surface area contributed by atoms with E-state index >= 15 is 0 Å². The minimum atomic E-state index is 0.429. The fourth-order valence-corrected chi connectivity index (χ4v) is 2.30. The Morgan fingerprint density at radius 1 is 1.50 bits per heavy atom. The molecule has 0 spiro atoms. The number of nitrogens with zero attached hydrogens (tertiary/aromatic N) is 1. The molecule has 2 fully saturated rings. The molecule has 2 bridgehead atoms. The van der Waals surface area contributed by atoms with Crippen molar-refractivity contribution in [2.75, 3.05) is 6.54 Å². The number of hydrogen-bond donors (Lipinski definition) is 1. The molecule has 3 unspecified atom stereocenters. The van der Waals surface area contributed by atoms with E-state index in [1.54, 1.807) is 0 Å². The standard InChI is InChI=1S/C8H14N2/c1-2-10-5-6-3-4-7(10)8(6)9/h2,6-8H,1,3-5,9H2. The van der Waals surface area contributed by atoms with Crippen LogP contribution in [0.1, 0.15) is 12.8 Å². The van der Waals surface area contributed by atoms with Gasteiger partial charge >= 0.3 is 0 Å². The molecule has 1 aliphatic heterocycles. The van der Waals surface area contributed by atoms with Gasteiger partial charge < -0.3 is 10.6 Å². The Bertz CT molecular complexity index is 155. The van der Waals surface area contributed by atoms with Gasteiger partial charge in [0, 0.05) is 18.6 Å². The lowest BCUT2D eigenvalue weighted by molar-refractivity contribution is 0.293. The van der Waals surface area contributed by atoms with Crippen LogP contribution in [0.5, 0.6) is 0 Å². The highest BCUT2D eigenvalue weighted by Crippen LogP contribution is 2.36. The molecule has 0 aromatic carbocycles. The minimum absolute atomic E-state index is 0.429. The highest BCUT2D eigenvalue weighted by Gasteiger charge is 2.43. The van der Waals surface area contributed by atoms with E-state index < -0.39 is 0 Å². The fraction of sp³-hybridized carbons (Fsp3) is 0.750. The molecule has 56 valence electrons. The average Bonchev–Trinajstić information content (AvgIpc) is 2.46. The van der Waals surface area contributed by atoms with Crippen LogP contribution in [0.4, 0.5) is 0 Å². The topological polar surface area (TPSA) is 29.3 Å². The van der Waals surface area contributed by atoms with Gasteiger partial charge in [-0.2, -0.15) is 0 Å². The highest BCUT2D eigenvalue weighted by molar-refractivity contribution is 5.04. The zero-order valence-electron chi connectivity index (χ0n) is 6.16. The van der Waals surface area contributed by atoms with Crippen LogP contribution < -0.4 is 5.73 Å². The van der Waals surface area contributed by atoms with Gasteiger partial charge in [-0.3, -0.25) is 0 Å². The third kappa shape index (κ3) is 0.626. The average molecular weight is 138 g/mol. The molecule has 0 aromatic rings. The molecule has 1 aliphatic carbocycles. The minimum Gasteiger partial charge on any atom is -0.373 e. The van der Waals surface area contributed by atoms with Crippen LogP contribution in [0.3, 0.4) is 0 Å². The van der Waals surface area contributed by atoms with Crippen molar-refractivity contribution in [3.63, 3.8) is 0 Å². The molecule has 2 N–H and O–H groups in total. The lowest BCUT2D eigenvalue weighted by atomic mass is 10.1. The summed E-state index contributed by atoms with van der Waals surface area (Å²) in [6.07, 6.45) is 4.54. The zero-order chi connectivity index (χ0) is 7.14. The molecule has 2 nitrogen and oxygen atoms in total. The maximum absolute atomic E-state index is 5.96. The van der Waals surface area contributed by atoms with Crippen molar-refractivity contribution in [1.29, 1.82) is 0 Å². The molecule has 0 radical (unpaired) electrons. The van der Waals surface area contributed by atoms with Crippen LogP contribution in [0, 0.1) is 5.92 Å². The monoisotopic (exact) mass is 138 g/mol. The third-order valence-electron chi connectivity index (χ3n) is 2.93. The maximum Gasteiger partial charge on any atom is 0.0438 e. The van der Waals surface area contributed by atoms with Crippen LogP contribution in [-0.4, -0.2) is 23.5 Å². The Hall–Kier alpha value is -0.500. The highest BCUT2D eigenvalue weighted by atomic mass is 15.2. The molecule has 2 heteroatoms. The van der Waals surface area contributed by atoms with Crippen molar-refractivity contribution < 1.29 is 0 Å². The third-order valence-corrected chi connectivity index (χ3v) is 2.93. The molecule has 1 saturated carbocycles. The normalized spacial score (nSPS) is 44.5. The number of hydrogen-bond acceptors (Lipinski definition) is 2. The van der Waals surface area contributed by atoms with E-state index in [9.17, 15) is 0 Å². The van der Waals surface area contributed by atoms with Gasteiger partial charge in [-0.05, 0) is 25.0 Å². The predicted octanol–water partition coefficient (Wildman–Crippen LogP) is 0.551. The molecule has 1 heterocycles. The predicted molar refractivity (Wildman–Crippen MR) is 41.4 cm³/mol. The second-order valence-corrected chi connectivity index (χ2v) is 3.36. The van der Waals surface area contributed by atoms with Crippen LogP contribution in [0.25, 0.3) is 0 Å². The molecule has 2 rings (SSSR count). The van der Waals surface area contributed by atoms with Crippen molar-refractivity contribution in [2.24, 2.45) is 11.7 Å². The van der Waals surface area contributed by atoms with Gasteiger partial charge in [-0.15, -0.1) is 0 Å². The zero-order valence-corrected chi connectivity index (χ0v) is 6.16. The van der Waals surface area contributed by atoms with Gasteiger partial charge in [0.05, 0.1) is 0 Å². The van der Waals surface area contributed by atoms with Crippen LogP contribution in [-0.2, 0) is 0 Å². The first kappa shape index (κ1) is 6.23. The summed E-state index contributed by atoms with van der Waals surface area (Å²) in [4.78, 5) is 2.29. The first-order valence-electron chi connectivity index (χ1n) is 3.97. The summed E-state index contributed by atoms with van der Waals surface area (Å²) in [5.74, 6) is 0.753. The summed E-state index contributed by atoms with van der Waals surface area (Å²) in [5.41, 5.74) is 5.96. The van der Waals surface area contributed by atoms with E-state index in [2.05, 4.69) is 11.5 Å². The smallest absolute Gasteiger partial charge is 0.0438 e. The summed E-state index contributed by atoms with van der Waals surface area (Å²) >= 11 is 0. The molecular weight excluding hydrogens is 124 g/mol. The van der Waals surface area contributed by atoms with Gasteiger partial charge in [-0.25, -0.2) is 0 Å². The lowest BCUT2D eigenvalue weighted by Crippen LogP contribution is -2.34. The van der Waals surface area contributed by atoms with Crippen molar-refractivity contribution in [3.8, 4) is 0 Å². The van der Waals surface area contributed by atoms with E-state index in [-0.39, 0.29) is 0 Å². The molecule has 10 heavy (non-hydrogen) atoms. The van der Waals surface area contributed by atoms with E-state index in [1.807, 2.05) is 6.20 Å². The van der Waals surface area contributed by atoms with Gasteiger partial charge in [0.1, 0.15) is 0 Å². The van der Waals surface area contributed by atoms with Gasteiger partial charge in [0.2, 0.25) is 0 Å². The van der Waals surface area contributed by atoms with Crippen molar-refractivity contribution in [1.82, 2.24) is 4.90 Å². The van der Waals surface area contributed by atoms with Crippen LogP contribution >= 0.6 is 0 Å². The van der Waals surface area contributed by atoms with Gasteiger partial charge in [-0.1, -0.05) is 6.58 Å². The van der Waals surface area contributed by atoms with E-state index in [0.717, 1.165) is 12.5 Å². The number of likely N-dealkylation sites (tertiary alicyclic amines) is 1. The van der Waals surface area contributed by atoms with Crippen molar-refractivity contribution >= 4 is 0 Å².